The molecule has 0 radical (unpaired) electrons. The normalized spacial score (nSPS) is 21.2. The van der Waals surface area contributed by atoms with Gasteiger partial charge in [0.2, 0.25) is 0 Å². The van der Waals surface area contributed by atoms with E-state index in [1.165, 1.54) is 51.4 Å². The summed E-state index contributed by atoms with van der Waals surface area (Å²) in [4.78, 5) is 47.4. The first-order valence-corrected chi connectivity index (χ1v) is 16.9. The lowest BCUT2D eigenvalue weighted by Crippen LogP contribution is -2.30. The van der Waals surface area contributed by atoms with Crippen LogP contribution in [0.15, 0.2) is 48.5 Å². The minimum atomic E-state index is -1.06. The highest BCUT2D eigenvalue weighted by Gasteiger charge is 2.33. The van der Waals surface area contributed by atoms with Crippen LogP contribution in [0.3, 0.4) is 0 Å². The van der Waals surface area contributed by atoms with Crippen LogP contribution in [0.4, 0.5) is 0 Å². The molecule has 0 amide bonds. The summed E-state index contributed by atoms with van der Waals surface area (Å²) in [7, 11) is 0. The second kappa shape index (κ2) is 18.3. The van der Waals surface area contributed by atoms with E-state index in [9.17, 15) is 19.2 Å². The molecule has 2 aliphatic rings. The van der Waals surface area contributed by atoms with E-state index in [0.29, 0.717) is 22.8 Å². The highest BCUT2D eigenvalue weighted by atomic mass is 16.6. The average molecular weight is 637 g/mol. The van der Waals surface area contributed by atoms with Crippen LogP contribution in [0.1, 0.15) is 107 Å². The molecule has 46 heavy (non-hydrogen) atoms. The molecule has 0 aliphatic heterocycles. The molecule has 2 aromatic rings. The predicted octanol–water partition coefficient (Wildman–Crippen LogP) is 7.79. The first kappa shape index (κ1) is 35.0. The molecule has 2 aliphatic carbocycles. The molecule has 2 aromatic carbocycles. The van der Waals surface area contributed by atoms with Gasteiger partial charge in [-0.25, -0.2) is 4.79 Å². The second-order valence-corrected chi connectivity index (χ2v) is 12.7. The number of carbonyl (C=O) groups is 4. The molecule has 0 saturated heterocycles. The zero-order valence-electron chi connectivity index (χ0n) is 27.0. The Morgan fingerprint density at radius 3 is 1.89 bits per heavy atom. The van der Waals surface area contributed by atoms with Crippen molar-refractivity contribution in [3.63, 3.8) is 0 Å². The predicted molar refractivity (Wildman–Crippen MR) is 172 cm³/mol. The van der Waals surface area contributed by atoms with Gasteiger partial charge >= 0.3 is 23.9 Å². The molecule has 0 atom stereocenters. The fourth-order valence-corrected chi connectivity index (χ4v) is 6.68. The molecule has 9 heteroatoms. The zero-order valence-corrected chi connectivity index (χ0v) is 27.0. The van der Waals surface area contributed by atoms with E-state index in [1.807, 2.05) is 0 Å². The van der Waals surface area contributed by atoms with Crippen molar-refractivity contribution in [1.29, 1.82) is 0 Å². The number of carboxylic acids is 1. The molecule has 0 bridgehead atoms. The molecule has 1 N–H and O–H groups in total. The topological polar surface area (TPSA) is 125 Å². The first-order valence-electron chi connectivity index (χ1n) is 16.9. The standard InChI is InChI=1S/C37H48O9/c1-2-3-4-5-26-6-8-27(9-7-26)28-10-12-29(13-11-28)36(41)45-32-18-20-33(21-19-32)46-37(42)30-14-16-31(17-15-30)43-24-25-44-35(40)23-22-34(38)39/h14-21,26-29H,2-13,22-25H2,1H3,(H,38,39). The van der Waals surface area contributed by atoms with E-state index in [0.717, 1.165) is 43.4 Å². The molecule has 0 spiro atoms. The van der Waals surface area contributed by atoms with Crippen molar-refractivity contribution < 1.29 is 43.2 Å². The van der Waals surface area contributed by atoms with Gasteiger partial charge in [0.1, 0.15) is 30.5 Å². The van der Waals surface area contributed by atoms with Crippen LogP contribution in [0.2, 0.25) is 0 Å². The smallest absolute Gasteiger partial charge is 0.343 e. The highest BCUT2D eigenvalue weighted by molar-refractivity contribution is 5.91. The monoisotopic (exact) mass is 636 g/mol. The summed E-state index contributed by atoms with van der Waals surface area (Å²) in [6.45, 7) is 2.33. The molecular weight excluding hydrogens is 588 g/mol. The first-order chi connectivity index (χ1) is 22.3. The van der Waals surface area contributed by atoms with Crippen LogP contribution in [0.5, 0.6) is 17.2 Å². The van der Waals surface area contributed by atoms with Gasteiger partial charge in [-0.05, 0) is 105 Å². The molecule has 0 aromatic heterocycles. The van der Waals surface area contributed by atoms with Crippen molar-refractivity contribution in [3.05, 3.63) is 54.1 Å². The van der Waals surface area contributed by atoms with E-state index >= 15 is 0 Å². The largest absolute Gasteiger partial charge is 0.490 e. The molecule has 0 heterocycles. The third-order valence-corrected chi connectivity index (χ3v) is 9.38. The van der Waals surface area contributed by atoms with E-state index in [-0.39, 0.29) is 37.9 Å². The van der Waals surface area contributed by atoms with Gasteiger partial charge in [0.15, 0.2) is 0 Å². The number of benzene rings is 2. The molecule has 0 unspecified atom stereocenters. The van der Waals surface area contributed by atoms with Gasteiger partial charge in [-0.1, -0.05) is 45.4 Å². The summed E-state index contributed by atoms with van der Waals surface area (Å²) in [5, 5.41) is 8.58. The van der Waals surface area contributed by atoms with Gasteiger partial charge in [-0.3, -0.25) is 14.4 Å². The Morgan fingerprint density at radius 2 is 1.28 bits per heavy atom. The second-order valence-electron chi connectivity index (χ2n) is 12.7. The Balaban J connectivity index is 1.13. The molecule has 2 fully saturated rings. The number of unbranched alkanes of at least 4 members (excludes halogenated alkanes) is 2. The summed E-state index contributed by atoms with van der Waals surface area (Å²) in [5.74, 6) is 1.26. The third-order valence-electron chi connectivity index (χ3n) is 9.38. The number of rotatable bonds is 16. The number of carbonyl (C=O) groups excluding carboxylic acids is 3. The lowest BCUT2D eigenvalue weighted by molar-refractivity contribution is -0.148. The highest BCUT2D eigenvalue weighted by Crippen LogP contribution is 2.42. The van der Waals surface area contributed by atoms with Crippen LogP contribution < -0.4 is 14.2 Å². The fourth-order valence-electron chi connectivity index (χ4n) is 6.68. The van der Waals surface area contributed by atoms with Gasteiger partial charge in [-0.2, -0.15) is 0 Å². The summed E-state index contributed by atoms with van der Waals surface area (Å²) in [6, 6.07) is 12.8. The lowest BCUT2D eigenvalue weighted by Gasteiger charge is -2.37. The molecule has 9 nitrogen and oxygen atoms in total. The molecule has 2 saturated carbocycles. The fraction of sp³-hybridized carbons (Fsp3) is 0.568. The van der Waals surface area contributed by atoms with Crippen LogP contribution in [-0.2, 0) is 19.1 Å². The van der Waals surface area contributed by atoms with E-state index in [1.54, 1.807) is 48.5 Å². The third kappa shape index (κ3) is 11.5. The van der Waals surface area contributed by atoms with Crippen molar-refractivity contribution in [2.45, 2.75) is 96.8 Å². The van der Waals surface area contributed by atoms with Crippen LogP contribution in [0.25, 0.3) is 0 Å². The van der Waals surface area contributed by atoms with Gasteiger partial charge in [0.25, 0.3) is 0 Å². The van der Waals surface area contributed by atoms with E-state index in [4.69, 9.17) is 24.1 Å². The maximum absolute atomic E-state index is 12.9. The van der Waals surface area contributed by atoms with Crippen LogP contribution in [0, 0.1) is 23.7 Å². The number of aliphatic carboxylic acids is 1. The number of hydrogen-bond acceptors (Lipinski definition) is 8. The Kier molecular flexibility index (Phi) is 13.9. The zero-order chi connectivity index (χ0) is 32.7. The number of hydrogen-bond donors (Lipinski definition) is 1. The van der Waals surface area contributed by atoms with Crippen molar-refractivity contribution in [2.24, 2.45) is 23.7 Å². The van der Waals surface area contributed by atoms with Crippen LogP contribution >= 0.6 is 0 Å². The quantitative estimate of drug-likeness (QED) is 0.112. The Hall–Kier alpha value is -3.88. The number of esters is 3. The maximum Gasteiger partial charge on any atom is 0.343 e. The minimum Gasteiger partial charge on any atom is -0.490 e. The number of carboxylic acid groups (broad SMARTS) is 1. The Labute approximate surface area is 271 Å². The van der Waals surface area contributed by atoms with Crippen molar-refractivity contribution >= 4 is 23.9 Å². The summed E-state index contributed by atoms with van der Waals surface area (Å²) < 4.78 is 21.5. The lowest BCUT2D eigenvalue weighted by atomic mass is 9.68. The van der Waals surface area contributed by atoms with Gasteiger partial charge in [-0.15, -0.1) is 0 Å². The summed E-state index contributed by atoms with van der Waals surface area (Å²) in [5.41, 5.74) is 0.318. The Bertz CT molecular complexity index is 1250. The van der Waals surface area contributed by atoms with Gasteiger partial charge in [0.05, 0.1) is 24.3 Å². The minimum absolute atomic E-state index is 0.0191. The van der Waals surface area contributed by atoms with Gasteiger partial charge < -0.3 is 24.1 Å². The van der Waals surface area contributed by atoms with Crippen molar-refractivity contribution in [2.75, 3.05) is 13.2 Å². The van der Waals surface area contributed by atoms with E-state index in [2.05, 4.69) is 6.92 Å². The summed E-state index contributed by atoms with van der Waals surface area (Å²) in [6.07, 6.45) is 14.4. The molecule has 4 rings (SSSR count). The van der Waals surface area contributed by atoms with Gasteiger partial charge in [0, 0.05) is 0 Å². The van der Waals surface area contributed by atoms with Crippen molar-refractivity contribution in [3.8, 4) is 17.2 Å². The summed E-state index contributed by atoms with van der Waals surface area (Å²) >= 11 is 0. The molecule has 250 valence electrons. The maximum atomic E-state index is 12.9. The van der Waals surface area contributed by atoms with Crippen LogP contribution in [-0.4, -0.2) is 42.2 Å². The Morgan fingerprint density at radius 1 is 0.696 bits per heavy atom. The molecular formula is C37H48O9. The van der Waals surface area contributed by atoms with E-state index < -0.39 is 17.9 Å². The SMILES string of the molecule is CCCCCC1CCC(C2CCC(C(=O)Oc3ccc(OC(=O)c4ccc(OCCOC(=O)CCC(=O)O)cc4)cc3)CC2)CC1. The number of ether oxygens (including phenoxy) is 4. The van der Waals surface area contributed by atoms with Crippen molar-refractivity contribution in [1.82, 2.24) is 0 Å². The average Bonchev–Trinajstić information content (AvgIpc) is 3.07.